The number of nitrogens with one attached hydrogen (secondary N) is 2. The van der Waals surface area contributed by atoms with E-state index in [9.17, 15) is 14.4 Å². The number of carbonyl (C=O) groups is 3. The van der Waals surface area contributed by atoms with Gasteiger partial charge in [-0.15, -0.1) is 0 Å². The minimum absolute atomic E-state index is 0.183. The van der Waals surface area contributed by atoms with E-state index in [1.165, 1.54) is 0 Å². The van der Waals surface area contributed by atoms with Crippen LogP contribution in [0.3, 0.4) is 0 Å². The number of H-pyrrole nitrogens is 1. The Morgan fingerprint density at radius 1 is 1.11 bits per heavy atom. The summed E-state index contributed by atoms with van der Waals surface area (Å²) in [6, 6.07) is 8.00. The molecule has 144 valence electrons. The van der Waals surface area contributed by atoms with E-state index in [0.29, 0.717) is 11.1 Å². The van der Waals surface area contributed by atoms with Crippen molar-refractivity contribution in [2.75, 3.05) is 6.61 Å². The van der Waals surface area contributed by atoms with Crippen LogP contribution in [0.2, 0.25) is 0 Å². The highest BCUT2D eigenvalue weighted by Gasteiger charge is 2.27. The summed E-state index contributed by atoms with van der Waals surface area (Å²) in [7, 11) is 0. The Morgan fingerprint density at radius 2 is 1.81 bits per heavy atom. The zero-order valence-electron chi connectivity index (χ0n) is 16.4. The number of benzene rings is 1. The molecule has 0 spiro atoms. The molecule has 0 saturated carbocycles. The summed E-state index contributed by atoms with van der Waals surface area (Å²) in [6.45, 7) is 8.79. The van der Waals surface area contributed by atoms with Crippen LogP contribution >= 0.6 is 0 Å². The molecular formula is C21H26N2O4. The number of esters is 1. The lowest BCUT2D eigenvalue weighted by Crippen LogP contribution is -2.45. The SMILES string of the molecule is Cc1cccc(C(=O)N[C@H](C(=O)OCC(=O)c2cc(C)[nH]c2C)C(C)C)c1. The third kappa shape index (κ3) is 5.29. The average Bonchev–Trinajstić information content (AvgIpc) is 2.95. The minimum atomic E-state index is -0.833. The highest BCUT2D eigenvalue weighted by Crippen LogP contribution is 2.12. The van der Waals surface area contributed by atoms with Crippen molar-refractivity contribution in [3.63, 3.8) is 0 Å². The van der Waals surface area contributed by atoms with Gasteiger partial charge < -0.3 is 15.0 Å². The van der Waals surface area contributed by atoms with E-state index in [2.05, 4.69) is 10.3 Å². The van der Waals surface area contributed by atoms with Crippen LogP contribution in [-0.2, 0) is 9.53 Å². The fraction of sp³-hybridized carbons (Fsp3) is 0.381. The van der Waals surface area contributed by atoms with E-state index < -0.39 is 12.0 Å². The van der Waals surface area contributed by atoms with Gasteiger partial charge in [0.15, 0.2) is 6.61 Å². The van der Waals surface area contributed by atoms with Crippen LogP contribution in [-0.4, -0.2) is 35.3 Å². The number of rotatable bonds is 7. The van der Waals surface area contributed by atoms with E-state index in [0.717, 1.165) is 17.0 Å². The molecule has 0 aliphatic rings. The van der Waals surface area contributed by atoms with Crippen LogP contribution < -0.4 is 5.32 Å². The van der Waals surface area contributed by atoms with E-state index in [1.807, 2.05) is 33.8 Å². The van der Waals surface area contributed by atoms with Crippen molar-refractivity contribution in [1.82, 2.24) is 10.3 Å². The molecular weight excluding hydrogens is 344 g/mol. The number of aryl methyl sites for hydroxylation is 3. The topological polar surface area (TPSA) is 88.3 Å². The van der Waals surface area contributed by atoms with E-state index in [-0.39, 0.29) is 24.2 Å². The number of aromatic amines is 1. The molecule has 2 rings (SSSR count). The van der Waals surface area contributed by atoms with Gasteiger partial charge in [0, 0.05) is 22.5 Å². The molecule has 0 bridgehead atoms. The van der Waals surface area contributed by atoms with E-state index in [1.54, 1.807) is 31.2 Å². The fourth-order valence-corrected chi connectivity index (χ4v) is 2.83. The summed E-state index contributed by atoms with van der Waals surface area (Å²) >= 11 is 0. The standard InChI is InChI=1S/C21H26N2O4/c1-12(2)19(23-20(25)16-8-6-7-13(3)9-16)21(26)27-11-18(24)17-10-14(4)22-15(17)5/h6-10,12,19,22H,11H2,1-5H3,(H,23,25)/t19-/m0/s1. The van der Waals surface area contributed by atoms with Crippen LogP contribution in [0.25, 0.3) is 0 Å². The number of amides is 1. The second kappa shape index (κ2) is 8.66. The maximum Gasteiger partial charge on any atom is 0.329 e. The summed E-state index contributed by atoms with van der Waals surface area (Å²) < 4.78 is 5.19. The van der Waals surface area contributed by atoms with Gasteiger partial charge in [-0.3, -0.25) is 9.59 Å². The molecule has 6 nitrogen and oxygen atoms in total. The predicted octanol–water partition coefficient (Wildman–Crippen LogP) is 3.12. The molecule has 1 aromatic carbocycles. The first kappa shape index (κ1) is 20.4. The smallest absolute Gasteiger partial charge is 0.329 e. The highest BCUT2D eigenvalue weighted by atomic mass is 16.5. The van der Waals surface area contributed by atoms with Crippen LogP contribution in [0.5, 0.6) is 0 Å². The Labute approximate surface area is 159 Å². The van der Waals surface area contributed by atoms with Gasteiger partial charge in [0.25, 0.3) is 5.91 Å². The van der Waals surface area contributed by atoms with Crippen LogP contribution in [0.4, 0.5) is 0 Å². The van der Waals surface area contributed by atoms with Crippen LogP contribution in [0.1, 0.15) is 51.5 Å². The average molecular weight is 370 g/mol. The first-order valence-corrected chi connectivity index (χ1v) is 8.92. The number of ketones is 1. The van der Waals surface area contributed by atoms with Crippen molar-refractivity contribution < 1.29 is 19.1 Å². The molecule has 0 fully saturated rings. The van der Waals surface area contributed by atoms with Gasteiger partial charge >= 0.3 is 5.97 Å². The largest absolute Gasteiger partial charge is 0.456 e. The second-order valence-corrected chi connectivity index (χ2v) is 7.09. The molecule has 0 aliphatic carbocycles. The minimum Gasteiger partial charge on any atom is -0.456 e. The fourth-order valence-electron chi connectivity index (χ4n) is 2.83. The Bertz CT molecular complexity index is 852. The van der Waals surface area contributed by atoms with Gasteiger partial charge in [0.1, 0.15) is 6.04 Å². The van der Waals surface area contributed by atoms with Gasteiger partial charge in [-0.1, -0.05) is 31.5 Å². The molecule has 1 heterocycles. The van der Waals surface area contributed by atoms with Gasteiger partial charge in [-0.25, -0.2) is 4.79 Å². The third-order valence-electron chi connectivity index (χ3n) is 4.28. The zero-order chi connectivity index (χ0) is 20.1. The van der Waals surface area contributed by atoms with Crippen molar-refractivity contribution in [3.8, 4) is 0 Å². The zero-order valence-corrected chi connectivity index (χ0v) is 16.4. The maximum absolute atomic E-state index is 12.4. The quantitative estimate of drug-likeness (QED) is 0.579. The Balaban J connectivity index is 2.01. The van der Waals surface area contributed by atoms with Crippen LogP contribution in [0, 0.1) is 26.7 Å². The highest BCUT2D eigenvalue weighted by molar-refractivity contribution is 6.00. The lowest BCUT2D eigenvalue weighted by Gasteiger charge is -2.20. The number of carbonyl (C=O) groups excluding carboxylic acids is 3. The molecule has 0 aliphatic heterocycles. The van der Waals surface area contributed by atoms with Crippen molar-refractivity contribution >= 4 is 17.7 Å². The van der Waals surface area contributed by atoms with Gasteiger partial charge in [-0.2, -0.15) is 0 Å². The Morgan fingerprint density at radius 3 is 2.37 bits per heavy atom. The number of hydrogen-bond acceptors (Lipinski definition) is 4. The van der Waals surface area contributed by atoms with Crippen LogP contribution in [0.15, 0.2) is 30.3 Å². The van der Waals surface area contributed by atoms with Crippen molar-refractivity contribution in [3.05, 3.63) is 58.4 Å². The van der Waals surface area contributed by atoms with Crippen molar-refractivity contribution in [2.24, 2.45) is 5.92 Å². The number of hydrogen-bond donors (Lipinski definition) is 2. The summed E-state index contributed by atoms with van der Waals surface area (Å²) in [5.74, 6) is -1.43. The molecule has 2 N–H and O–H groups in total. The number of Topliss-reactive ketones (excluding diaryl/α,β-unsaturated/α-hetero) is 1. The summed E-state index contributed by atoms with van der Waals surface area (Å²) in [4.78, 5) is 40.2. The summed E-state index contributed by atoms with van der Waals surface area (Å²) in [5.41, 5.74) is 3.54. The van der Waals surface area contributed by atoms with E-state index >= 15 is 0 Å². The van der Waals surface area contributed by atoms with Crippen molar-refractivity contribution in [1.29, 1.82) is 0 Å². The molecule has 1 atom stereocenters. The summed E-state index contributed by atoms with van der Waals surface area (Å²) in [6.07, 6.45) is 0. The first-order valence-electron chi connectivity index (χ1n) is 8.92. The Kier molecular flexibility index (Phi) is 6.55. The molecule has 27 heavy (non-hydrogen) atoms. The lowest BCUT2D eigenvalue weighted by molar-refractivity contribution is -0.145. The first-order chi connectivity index (χ1) is 12.7. The van der Waals surface area contributed by atoms with Gasteiger partial charge in [-0.05, 0) is 44.9 Å². The molecule has 0 unspecified atom stereocenters. The molecule has 0 saturated heterocycles. The van der Waals surface area contributed by atoms with Gasteiger partial charge in [0.05, 0.1) is 0 Å². The van der Waals surface area contributed by atoms with Gasteiger partial charge in [0.2, 0.25) is 5.78 Å². The monoisotopic (exact) mass is 370 g/mol. The van der Waals surface area contributed by atoms with Crippen molar-refractivity contribution in [2.45, 2.75) is 40.7 Å². The Hall–Kier alpha value is -2.89. The predicted molar refractivity (Wildman–Crippen MR) is 103 cm³/mol. The molecule has 1 aromatic heterocycles. The third-order valence-corrected chi connectivity index (χ3v) is 4.28. The molecule has 6 heteroatoms. The maximum atomic E-state index is 12.4. The second-order valence-electron chi connectivity index (χ2n) is 7.09. The number of aromatic nitrogens is 1. The molecule has 1 amide bonds. The van der Waals surface area contributed by atoms with E-state index in [4.69, 9.17) is 4.74 Å². The number of ether oxygens (including phenoxy) is 1. The molecule has 0 radical (unpaired) electrons. The lowest BCUT2D eigenvalue weighted by atomic mass is 10.0. The molecule has 2 aromatic rings. The normalized spacial score (nSPS) is 11.9. The summed E-state index contributed by atoms with van der Waals surface area (Å²) in [5, 5.41) is 2.71.